The fraction of sp³-hybridized carbons (Fsp3) is 0.261. The van der Waals surface area contributed by atoms with E-state index in [0.717, 1.165) is 35.0 Å². The molecule has 1 aliphatic heterocycles. The fourth-order valence-corrected chi connectivity index (χ4v) is 4.81. The number of aryl methyl sites for hydroxylation is 1. The molecule has 1 aliphatic rings. The summed E-state index contributed by atoms with van der Waals surface area (Å²) in [6.45, 7) is 2.48. The SMILES string of the molecule is Cc1ccccc1NC(=O)CCCCCN1C(=O)/C(=C/c2cc(Br)ccc2O)SC1=S. The number of benzene rings is 2. The molecule has 5 nitrogen and oxygen atoms in total. The van der Waals surface area contributed by atoms with E-state index in [-0.39, 0.29) is 17.6 Å². The van der Waals surface area contributed by atoms with E-state index in [1.807, 2.05) is 31.2 Å². The first kappa shape index (κ1) is 23.5. The highest BCUT2D eigenvalue weighted by atomic mass is 79.9. The van der Waals surface area contributed by atoms with Crippen LogP contribution in [0.1, 0.15) is 36.8 Å². The molecule has 162 valence electrons. The van der Waals surface area contributed by atoms with Crippen LogP contribution < -0.4 is 5.32 Å². The highest BCUT2D eigenvalue weighted by Gasteiger charge is 2.31. The Morgan fingerprint density at radius 2 is 2.00 bits per heavy atom. The molecule has 2 amide bonds. The number of rotatable bonds is 8. The van der Waals surface area contributed by atoms with Crippen molar-refractivity contribution in [1.82, 2.24) is 4.90 Å². The van der Waals surface area contributed by atoms with Crippen molar-refractivity contribution in [1.29, 1.82) is 0 Å². The van der Waals surface area contributed by atoms with Gasteiger partial charge >= 0.3 is 0 Å². The molecule has 31 heavy (non-hydrogen) atoms. The van der Waals surface area contributed by atoms with Crippen molar-refractivity contribution >= 4 is 67.8 Å². The Morgan fingerprint density at radius 1 is 1.23 bits per heavy atom. The van der Waals surface area contributed by atoms with Gasteiger partial charge in [0.1, 0.15) is 10.1 Å². The van der Waals surface area contributed by atoms with Crippen LogP contribution in [-0.2, 0) is 9.59 Å². The highest BCUT2D eigenvalue weighted by Crippen LogP contribution is 2.35. The molecule has 0 aromatic heterocycles. The topological polar surface area (TPSA) is 69.6 Å². The average Bonchev–Trinajstić information content (AvgIpc) is 2.99. The van der Waals surface area contributed by atoms with Crippen molar-refractivity contribution in [3.63, 3.8) is 0 Å². The van der Waals surface area contributed by atoms with Gasteiger partial charge in [0.15, 0.2) is 0 Å². The largest absolute Gasteiger partial charge is 0.507 e. The van der Waals surface area contributed by atoms with E-state index < -0.39 is 0 Å². The monoisotopic (exact) mass is 518 g/mol. The fourth-order valence-electron chi connectivity index (χ4n) is 3.13. The van der Waals surface area contributed by atoms with E-state index in [4.69, 9.17) is 12.2 Å². The first-order chi connectivity index (χ1) is 14.8. The molecule has 1 saturated heterocycles. The van der Waals surface area contributed by atoms with E-state index in [0.29, 0.717) is 27.8 Å². The summed E-state index contributed by atoms with van der Waals surface area (Å²) in [6, 6.07) is 12.8. The predicted octanol–water partition coefficient (Wildman–Crippen LogP) is 5.86. The summed E-state index contributed by atoms with van der Waals surface area (Å²) in [7, 11) is 0. The zero-order valence-electron chi connectivity index (χ0n) is 17.1. The lowest BCUT2D eigenvalue weighted by Gasteiger charge is -2.14. The van der Waals surface area contributed by atoms with Crippen LogP contribution in [0.2, 0.25) is 0 Å². The van der Waals surface area contributed by atoms with Crippen LogP contribution in [0.5, 0.6) is 5.75 Å². The van der Waals surface area contributed by atoms with Gasteiger partial charge in [-0.1, -0.05) is 64.5 Å². The van der Waals surface area contributed by atoms with Gasteiger partial charge in [0.25, 0.3) is 5.91 Å². The van der Waals surface area contributed by atoms with Crippen molar-refractivity contribution in [2.45, 2.75) is 32.6 Å². The summed E-state index contributed by atoms with van der Waals surface area (Å²) in [5.41, 5.74) is 2.44. The summed E-state index contributed by atoms with van der Waals surface area (Å²) in [6.07, 6.45) is 4.43. The van der Waals surface area contributed by atoms with Gasteiger partial charge in [0.05, 0.1) is 4.91 Å². The molecular formula is C23H23BrN2O3S2. The van der Waals surface area contributed by atoms with E-state index in [2.05, 4.69) is 21.2 Å². The van der Waals surface area contributed by atoms with E-state index in [1.165, 1.54) is 11.8 Å². The number of nitrogens with one attached hydrogen (secondary N) is 1. The number of para-hydroxylation sites is 1. The van der Waals surface area contributed by atoms with Crippen LogP contribution in [0.3, 0.4) is 0 Å². The Balaban J connectivity index is 1.45. The van der Waals surface area contributed by atoms with Gasteiger partial charge in [-0.15, -0.1) is 0 Å². The number of thiocarbonyl (C=S) groups is 1. The molecule has 2 N–H and O–H groups in total. The van der Waals surface area contributed by atoms with Gasteiger partial charge in [0, 0.05) is 28.7 Å². The number of nitrogens with zero attached hydrogens (tertiary/aromatic N) is 1. The number of anilines is 1. The standard InChI is InChI=1S/C23H23BrN2O3S2/c1-15-7-4-5-8-18(15)25-21(28)9-3-2-6-12-26-22(29)20(31-23(26)30)14-16-13-17(24)10-11-19(16)27/h4-5,7-8,10-11,13-14,27H,2-3,6,9,12H2,1H3,(H,25,28)/b20-14-. The summed E-state index contributed by atoms with van der Waals surface area (Å²) in [5.74, 6) is -0.0409. The number of phenolic OH excluding ortho intramolecular Hbond substituents is 1. The highest BCUT2D eigenvalue weighted by molar-refractivity contribution is 9.10. The molecule has 0 aliphatic carbocycles. The maximum absolute atomic E-state index is 12.7. The third-order valence-electron chi connectivity index (χ3n) is 4.85. The number of thioether (sulfide) groups is 1. The summed E-state index contributed by atoms with van der Waals surface area (Å²) in [5, 5.41) is 12.9. The summed E-state index contributed by atoms with van der Waals surface area (Å²) < 4.78 is 1.33. The normalized spacial score (nSPS) is 15.0. The Labute approximate surface area is 200 Å². The first-order valence-corrected chi connectivity index (χ1v) is 12.0. The molecule has 1 heterocycles. The van der Waals surface area contributed by atoms with E-state index in [9.17, 15) is 14.7 Å². The van der Waals surface area contributed by atoms with Crippen molar-refractivity contribution in [3.05, 3.63) is 63.0 Å². The summed E-state index contributed by atoms with van der Waals surface area (Å²) >= 11 is 9.97. The van der Waals surface area contributed by atoms with Crippen LogP contribution in [-0.4, -0.2) is 32.7 Å². The number of hydrogen-bond donors (Lipinski definition) is 2. The number of phenols is 1. The Morgan fingerprint density at radius 3 is 2.77 bits per heavy atom. The number of aromatic hydroxyl groups is 1. The molecule has 0 saturated carbocycles. The van der Waals surface area contributed by atoms with Crippen LogP contribution in [0, 0.1) is 6.92 Å². The maximum atomic E-state index is 12.7. The lowest BCUT2D eigenvalue weighted by molar-refractivity contribution is -0.122. The minimum atomic E-state index is -0.147. The number of amides is 2. The molecule has 2 aromatic carbocycles. The third-order valence-corrected chi connectivity index (χ3v) is 6.73. The molecule has 1 fully saturated rings. The minimum Gasteiger partial charge on any atom is -0.507 e. The van der Waals surface area contributed by atoms with Gasteiger partial charge in [-0.05, 0) is 55.7 Å². The second-order valence-electron chi connectivity index (χ2n) is 7.21. The van der Waals surface area contributed by atoms with Crippen LogP contribution >= 0.6 is 39.9 Å². The Kier molecular flexibility index (Phi) is 8.28. The van der Waals surface area contributed by atoms with Gasteiger partial charge in [-0.25, -0.2) is 0 Å². The van der Waals surface area contributed by atoms with Crippen molar-refractivity contribution in [2.75, 3.05) is 11.9 Å². The van der Waals surface area contributed by atoms with Crippen molar-refractivity contribution in [3.8, 4) is 5.75 Å². The Bertz CT molecular complexity index is 1040. The maximum Gasteiger partial charge on any atom is 0.266 e. The third kappa shape index (κ3) is 6.41. The smallest absolute Gasteiger partial charge is 0.266 e. The van der Waals surface area contributed by atoms with Gasteiger partial charge < -0.3 is 10.4 Å². The number of carbonyl (C=O) groups is 2. The molecular weight excluding hydrogens is 496 g/mol. The number of hydrogen-bond acceptors (Lipinski definition) is 5. The quantitative estimate of drug-likeness (QED) is 0.260. The zero-order valence-corrected chi connectivity index (χ0v) is 20.3. The number of halogens is 1. The molecule has 2 aromatic rings. The zero-order chi connectivity index (χ0) is 22.4. The van der Waals surface area contributed by atoms with E-state index in [1.54, 1.807) is 29.2 Å². The molecule has 3 rings (SSSR count). The molecule has 0 unspecified atom stereocenters. The second kappa shape index (κ2) is 10.9. The predicted molar refractivity (Wildman–Crippen MR) is 134 cm³/mol. The Hall–Kier alpha value is -2.16. The van der Waals surface area contributed by atoms with Crippen LogP contribution in [0.15, 0.2) is 51.8 Å². The molecule has 8 heteroatoms. The lowest BCUT2D eigenvalue weighted by atomic mass is 10.1. The molecule has 0 bridgehead atoms. The van der Waals surface area contributed by atoms with Gasteiger partial charge in [-0.2, -0.15) is 0 Å². The molecule has 0 radical (unpaired) electrons. The lowest BCUT2D eigenvalue weighted by Crippen LogP contribution is -2.29. The first-order valence-electron chi connectivity index (χ1n) is 9.94. The van der Waals surface area contributed by atoms with Crippen LogP contribution in [0.4, 0.5) is 5.69 Å². The summed E-state index contributed by atoms with van der Waals surface area (Å²) in [4.78, 5) is 26.9. The van der Waals surface area contributed by atoms with Gasteiger partial charge in [-0.3, -0.25) is 14.5 Å². The second-order valence-corrected chi connectivity index (χ2v) is 9.80. The molecule has 0 spiro atoms. The number of carbonyl (C=O) groups excluding carboxylic acids is 2. The molecule has 0 atom stereocenters. The average molecular weight is 519 g/mol. The van der Waals surface area contributed by atoms with Gasteiger partial charge in [0.2, 0.25) is 5.91 Å². The number of unbranched alkanes of at least 4 members (excludes halogenated alkanes) is 2. The van der Waals surface area contributed by atoms with Crippen molar-refractivity contribution < 1.29 is 14.7 Å². The minimum absolute atomic E-state index is 0.00308. The van der Waals surface area contributed by atoms with Crippen LogP contribution in [0.25, 0.3) is 6.08 Å². The van der Waals surface area contributed by atoms with E-state index >= 15 is 0 Å². The van der Waals surface area contributed by atoms with Crippen molar-refractivity contribution in [2.24, 2.45) is 0 Å².